The van der Waals surface area contributed by atoms with Gasteiger partial charge in [-0.1, -0.05) is 17.7 Å². The van der Waals surface area contributed by atoms with Crippen molar-refractivity contribution in [3.05, 3.63) is 29.8 Å². The van der Waals surface area contributed by atoms with Crippen molar-refractivity contribution in [3.63, 3.8) is 0 Å². The van der Waals surface area contributed by atoms with Crippen LogP contribution in [-0.2, 0) is 14.8 Å². The van der Waals surface area contributed by atoms with Crippen LogP contribution >= 0.6 is 0 Å². The van der Waals surface area contributed by atoms with Crippen LogP contribution in [0.2, 0.25) is 0 Å². The van der Waals surface area contributed by atoms with Crippen molar-refractivity contribution in [1.82, 2.24) is 14.1 Å². The molecule has 0 unspecified atom stereocenters. The molecule has 2 heterocycles. The average molecular weight is 408 g/mol. The van der Waals surface area contributed by atoms with Gasteiger partial charge in [0, 0.05) is 38.3 Å². The molecule has 0 spiro atoms. The lowest BCUT2D eigenvalue weighted by molar-refractivity contribution is -0.143. The predicted molar refractivity (Wildman–Crippen MR) is 111 cm³/mol. The highest BCUT2D eigenvalue weighted by atomic mass is 32.2. The van der Waals surface area contributed by atoms with Gasteiger partial charge in [-0.25, -0.2) is 8.42 Å². The fourth-order valence-electron chi connectivity index (χ4n) is 4.42. The summed E-state index contributed by atoms with van der Waals surface area (Å²) in [6, 6.07) is 7.33. The summed E-state index contributed by atoms with van der Waals surface area (Å²) in [5, 5.41) is 0. The van der Waals surface area contributed by atoms with E-state index in [1.54, 1.807) is 12.1 Å². The molecule has 0 N–H and O–H groups in total. The molecule has 1 aromatic carbocycles. The van der Waals surface area contributed by atoms with Crippen molar-refractivity contribution in [3.8, 4) is 0 Å². The van der Waals surface area contributed by atoms with Gasteiger partial charge in [0.05, 0.1) is 10.9 Å². The van der Waals surface area contributed by atoms with Crippen LogP contribution < -0.4 is 0 Å². The fraction of sp³-hybridized carbons (Fsp3) is 0.667. The van der Waals surface area contributed by atoms with Crippen molar-refractivity contribution >= 4 is 15.9 Å². The second kappa shape index (κ2) is 8.51. The van der Waals surface area contributed by atoms with Crippen molar-refractivity contribution in [2.24, 2.45) is 0 Å². The third kappa shape index (κ3) is 4.26. The van der Waals surface area contributed by atoms with Gasteiger partial charge < -0.3 is 4.90 Å². The first kappa shape index (κ1) is 21.3. The number of carbonyl (C=O) groups is 1. The molecule has 0 aliphatic carbocycles. The summed E-state index contributed by atoms with van der Waals surface area (Å²) >= 11 is 0. The molecule has 2 saturated heterocycles. The molecule has 1 amide bonds. The van der Waals surface area contributed by atoms with Gasteiger partial charge in [0.15, 0.2) is 0 Å². The quantitative estimate of drug-likeness (QED) is 0.769. The topological polar surface area (TPSA) is 60.9 Å². The van der Waals surface area contributed by atoms with Crippen molar-refractivity contribution in [1.29, 1.82) is 0 Å². The molecule has 0 saturated carbocycles. The Morgan fingerprint density at radius 1 is 1.00 bits per heavy atom. The van der Waals surface area contributed by atoms with Gasteiger partial charge in [-0.15, -0.1) is 0 Å². The van der Waals surface area contributed by atoms with Crippen LogP contribution in [0.25, 0.3) is 0 Å². The smallest absolute Gasteiger partial charge is 0.243 e. The fourth-order valence-corrected chi connectivity index (χ4v) is 5.84. The first-order valence-electron chi connectivity index (χ1n) is 10.3. The maximum atomic E-state index is 13.1. The second-order valence-corrected chi connectivity index (χ2v) is 10.2. The standard InChI is InChI=1S/C21H33N3O3S/c1-16-8-10-20(11-9-16)28(26,27)23-14-12-22(13-15-23)19(4)21(25)24-17(2)6-5-7-18(24)3/h8-11,17-19H,5-7,12-15H2,1-4H3/t17-,18+,19-/m0/s1. The van der Waals surface area contributed by atoms with E-state index in [9.17, 15) is 13.2 Å². The van der Waals surface area contributed by atoms with Crippen LogP contribution in [0.5, 0.6) is 0 Å². The highest BCUT2D eigenvalue weighted by Crippen LogP contribution is 2.25. The minimum absolute atomic E-state index is 0.176. The Labute approximate surface area is 169 Å². The zero-order valence-electron chi connectivity index (χ0n) is 17.5. The SMILES string of the molecule is Cc1ccc(S(=O)(=O)N2CCN([C@@H](C)C(=O)N3[C@H](C)CCC[C@@H]3C)CC2)cc1. The van der Waals surface area contributed by atoms with Gasteiger partial charge in [-0.05, 0) is 59.1 Å². The molecule has 3 atom stereocenters. The summed E-state index contributed by atoms with van der Waals surface area (Å²) in [7, 11) is -3.47. The molecule has 3 rings (SSSR count). The number of benzene rings is 1. The number of aryl methyl sites for hydroxylation is 1. The van der Waals surface area contributed by atoms with Crippen LogP contribution in [0.15, 0.2) is 29.2 Å². The van der Waals surface area contributed by atoms with Gasteiger partial charge in [-0.2, -0.15) is 4.31 Å². The summed E-state index contributed by atoms with van der Waals surface area (Å²) in [5.74, 6) is 0.176. The van der Waals surface area contributed by atoms with Crippen LogP contribution in [0.1, 0.15) is 45.6 Å². The average Bonchev–Trinajstić information content (AvgIpc) is 2.67. The lowest BCUT2D eigenvalue weighted by Gasteiger charge is -2.43. The Bertz CT molecular complexity index is 776. The molecule has 156 valence electrons. The Kier molecular flexibility index (Phi) is 6.47. The summed E-state index contributed by atoms with van der Waals surface area (Å²) in [6.07, 6.45) is 3.30. The summed E-state index contributed by atoms with van der Waals surface area (Å²) in [5.41, 5.74) is 1.04. The van der Waals surface area contributed by atoms with E-state index in [4.69, 9.17) is 0 Å². The van der Waals surface area contributed by atoms with Crippen molar-refractivity contribution in [2.45, 2.75) is 70.0 Å². The van der Waals surface area contributed by atoms with Gasteiger partial charge >= 0.3 is 0 Å². The molecule has 2 aliphatic heterocycles. The molecule has 0 radical (unpaired) electrons. The minimum atomic E-state index is -3.47. The monoisotopic (exact) mass is 407 g/mol. The molecule has 0 aromatic heterocycles. The highest BCUT2D eigenvalue weighted by Gasteiger charge is 2.36. The second-order valence-electron chi connectivity index (χ2n) is 8.30. The Morgan fingerprint density at radius 2 is 1.54 bits per heavy atom. The molecule has 2 fully saturated rings. The van der Waals surface area contributed by atoms with Crippen LogP contribution in [0, 0.1) is 6.92 Å². The third-order valence-electron chi connectivity index (χ3n) is 6.29. The maximum absolute atomic E-state index is 13.1. The van der Waals surface area contributed by atoms with E-state index in [2.05, 4.69) is 18.7 Å². The van der Waals surface area contributed by atoms with Crippen LogP contribution in [0.3, 0.4) is 0 Å². The molecule has 1 aromatic rings. The number of piperazine rings is 1. The zero-order valence-corrected chi connectivity index (χ0v) is 18.3. The first-order valence-corrected chi connectivity index (χ1v) is 11.8. The number of piperidine rings is 1. The minimum Gasteiger partial charge on any atom is -0.336 e. The van der Waals surface area contributed by atoms with E-state index in [0.29, 0.717) is 31.1 Å². The van der Waals surface area contributed by atoms with E-state index in [1.165, 1.54) is 10.7 Å². The molecule has 6 nitrogen and oxygen atoms in total. The maximum Gasteiger partial charge on any atom is 0.243 e. The molecule has 2 aliphatic rings. The molecular weight excluding hydrogens is 374 g/mol. The van der Waals surface area contributed by atoms with Crippen LogP contribution in [-0.4, -0.2) is 72.7 Å². The number of sulfonamides is 1. The van der Waals surface area contributed by atoms with E-state index in [0.717, 1.165) is 18.4 Å². The van der Waals surface area contributed by atoms with Gasteiger partial charge in [-0.3, -0.25) is 9.69 Å². The molecular formula is C21H33N3O3S. The first-order chi connectivity index (χ1) is 13.2. The van der Waals surface area contributed by atoms with E-state index in [1.807, 2.05) is 30.9 Å². The van der Waals surface area contributed by atoms with Crippen LogP contribution in [0.4, 0.5) is 0 Å². The predicted octanol–water partition coefficient (Wildman–Crippen LogP) is 2.48. The lowest BCUT2D eigenvalue weighted by Crippen LogP contribution is -2.58. The van der Waals surface area contributed by atoms with Crippen molar-refractivity contribution in [2.75, 3.05) is 26.2 Å². The molecule has 28 heavy (non-hydrogen) atoms. The summed E-state index contributed by atoms with van der Waals surface area (Å²) in [6.45, 7) is 10.2. The van der Waals surface area contributed by atoms with Gasteiger partial charge in [0.25, 0.3) is 0 Å². The Hall–Kier alpha value is -1.44. The molecule has 0 bridgehead atoms. The Morgan fingerprint density at radius 3 is 2.07 bits per heavy atom. The zero-order chi connectivity index (χ0) is 20.5. The summed E-state index contributed by atoms with van der Waals surface area (Å²) < 4.78 is 27.3. The number of hydrogen-bond acceptors (Lipinski definition) is 4. The van der Waals surface area contributed by atoms with E-state index >= 15 is 0 Å². The van der Waals surface area contributed by atoms with Gasteiger partial charge in [0.1, 0.15) is 0 Å². The van der Waals surface area contributed by atoms with Gasteiger partial charge in [0.2, 0.25) is 15.9 Å². The summed E-state index contributed by atoms with van der Waals surface area (Å²) in [4.78, 5) is 17.6. The number of rotatable bonds is 4. The molecule has 7 heteroatoms. The largest absolute Gasteiger partial charge is 0.336 e. The highest BCUT2D eigenvalue weighted by molar-refractivity contribution is 7.89. The van der Waals surface area contributed by atoms with Crippen molar-refractivity contribution < 1.29 is 13.2 Å². The third-order valence-corrected chi connectivity index (χ3v) is 8.20. The number of carbonyl (C=O) groups excluding carboxylic acids is 1. The normalized spacial score (nSPS) is 26.2. The number of amides is 1. The van der Waals surface area contributed by atoms with E-state index in [-0.39, 0.29) is 24.0 Å². The lowest BCUT2D eigenvalue weighted by atomic mass is 9.96. The number of hydrogen-bond donors (Lipinski definition) is 0. The number of likely N-dealkylation sites (tertiary alicyclic amines) is 1. The Balaban J connectivity index is 1.63. The number of nitrogens with zero attached hydrogens (tertiary/aromatic N) is 3. The van der Waals surface area contributed by atoms with E-state index < -0.39 is 10.0 Å².